The fraction of sp³-hybridized carbons (Fsp3) is 0.562. The number of carbonyl (C=O) groups is 1. The van der Waals surface area contributed by atoms with E-state index >= 15 is 0 Å². The molecule has 0 bridgehead atoms. The van der Waals surface area contributed by atoms with E-state index in [-0.39, 0.29) is 11.8 Å². The van der Waals surface area contributed by atoms with Crippen LogP contribution in [0.5, 0.6) is 5.75 Å². The van der Waals surface area contributed by atoms with Crippen LogP contribution in [0.15, 0.2) is 24.3 Å². The van der Waals surface area contributed by atoms with Gasteiger partial charge in [0.1, 0.15) is 5.75 Å². The average Bonchev–Trinajstić information content (AvgIpc) is 2.95. The molecule has 0 aromatic heterocycles. The monoisotopic (exact) mass is 274 g/mol. The van der Waals surface area contributed by atoms with Crippen LogP contribution in [0, 0.1) is 5.92 Å². The Hall–Kier alpha value is -1.55. The standard InChI is InChI=1S/C16H22N2O2/c1-17-10-12-6-8-18(11-12)16(19)14-7-9-20-15-5-3-2-4-13(14)15/h2-5,12,14,17H,6-11H2,1H3/t12-,14+/m0/s1. The molecule has 1 saturated heterocycles. The zero-order valence-electron chi connectivity index (χ0n) is 12.0. The third kappa shape index (κ3) is 2.52. The van der Waals surface area contributed by atoms with Crippen LogP contribution < -0.4 is 10.1 Å². The van der Waals surface area contributed by atoms with Gasteiger partial charge in [0, 0.05) is 18.7 Å². The van der Waals surface area contributed by atoms with Gasteiger partial charge >= 0.3 is 0 Å². The molecule has 2 atom stereocenters. The van der Waals surface area contributed by atoms with Gasteiger partial charge in [-0.15, -0.1) is 0 Å². The molecule has 3 rings (SSSR count). The highest BCUT2D eigenvalue weighted by atomic mass is 16.5. The van der Waals surface area contributed by atoms with E-state index in [2.05, 4.69) is 5.32 Å². The molecule has 108 valence electrons. The molecule has 1 fully saturated rings. The van der Waals surface area contributed by atoms with Crippen LogP contribution in [-0.4, -0.2) is 44.1 Å². The number of benzene rings is 1. The first-order chi connectivity index (χ1) is 9.79. The first kappa shape index (κ1) is 13.4. The molecule has 0 saturated carbocycles. The van der Waals surface area contributed by atoms with E-state index < -0.39 is 0 Å². The summed E-state index contributed by atoms with van der Waals surface area (Å²) in [7, 11) is 1.97. The van der Waals surface area contributed by atoms with E-state index in [1.807, 2.05) is 36.2 Å². The number of para-hydroxylation sites is 1. The van der Waals surface area contributed by atoms with Gasteiger partial charge in [-0.3, -0.25) is 4.79 Å². The molecule has 0 radical (unpaired) electrons. The fourth-order valence-corrected chi connectivity index (χ4v) is 3.31. The summed E-state index contributed by atoms with van der Waals surface area (Å²) in [6, 6.07) is 7.94. The first-order valence-corrected chi connectivity index (χ1v) is 7.44. The van der Waals surface area contributed by atoms with E-state index in [1.54, 1.807) is 0 Å². The Labute approximate surface area is 120 Å². The highest BCUT2D eigenvalue weighted by Gasteiger charge is 2.34. The molecule has 4 nitrogen and oxygen atoms in total. The molecule has 1 amide bonds. The number of hydrogen-bond acceptors (Lipinski definition) is 3. The van der Waals surface area contributed by atoms with E-state index in [0.717, 1.165) is 43.8 Å². The number of fused-ring (bicyclic) bond motifs is 1. The minimum absolute atomic E-state index is 0.0201. The van der Waals surface area contributed by atoms with Crippen molar-refractivity contribution in [3.63, 3.8) is 0 Å². The van der Waals surface area contributed by atoms with Crippen molar-refractivity contribution in [2.45, 2.75) is 18.8 Å². The van der Waals surface area contributed by atoms with Crippen molar-refractivity contribution in [2.75, 3.05) is 33.3 Å². The van der Waals surface area contributed by atoms with E-state index in [0.29, 0.717) is 12.5 Å². The molecule has 4 heteroatoms. The number of ether oxygens (including phenoxy) is 1. The van der Waals surface area contributed by atoms with Crippen LogP contribution in [-0.2, 0) is 4.79 Å². The lowest BCUT2D eigenvalue weighted by Gasteiger charge is -2.28. The van der Waals surface area contributed by atoms with Crippen molar-refractivity contribution in [3.8, 4) is 5.75 Å². The minimum atomic E-state index is -0.0201. The molecule has 2 aliphatic rings. The summed E-state index contributed by atoms with van der Waals surface area (Å²) < 4.78 is 5.65. The van der Waals surface area contributed by atoms with Crippen molar-refractivity contribution in [2.24, 2.45) is 5.92 Å². The van der Waals surface area contributed by atoms with Crippen LogP contribution in [0.4, 0.5) is 0 Å². The van der Waals surface area contributed by atoms with Gasteiger partial charge in [0.05, 0.1) is 12.5 Å². The van der Waals surface area contributed by atoms with E-state index in [9.17, 15) is 4.79 Å². The third-order valence-corrected chi connectivity index (χ3v) is 4.35. The summed E-state index contributed by atoms with van der Waals surface area (Å²) in [6.45, 7) is 3.42. The van der Waals surface area contributed by atoms with Crippen LogP contribution in [0.1, 0.15) is 24.3 Å². The lowest BCUT2D eigenvalue weighted by Crippen LogP contribution is -2.36. The number of hydrogen-bond donors (Lipinski definition) is 1. The summed E-state index contributed by atoms with van der Waals surface area (Å²) in [5.74, 6) is 1.73. The topological polar surface area (TPSA) is 41.6 Å². The van der Waals surface area contributed by atoms with E-state index in [4.69, 9.17) is 4.74 Å². The zero-order chi connectivity index (χ0) is 13.9. The maximum Gasteiger partial charge on any atom is 0.230 e. The first-order valence-electron chi connectivity index (χ1n) is 7.44. The molecule has 0 spiro atoms. The van der Waals surface area contributed by atoms with Crippen molar-refractivity contribution >= 4 is 5.91 Å². The smallest absolute Gasteiger partial charge is 0.230 e. The highest BCUT2D eigenvalue weighted by molar-refractivity contribution is 5.85. The molecule has 0 unspecified atom stereocenters. The molecule has 2 aliphatic heterocycles. The zero-order valence-corrected chi connectivity index (χ0v) is 12.0. The van der Waals surface area contributed by atoms with Crippen LogP contribution in [0.25, 0.3) is 0 Å². The molecule has 2 heterocycles. The van der Waals surface area contributed by atoms with E-state index in [1.165, 1.54) is 0 Å². The summed E-state index contributed by atoms with van der Waals surface area (Å²) in [5, 5.41) is 3.21. The largest absolute Gasteiger partial charge is 0.493 e. The van der Waals surface area contributed by atoms with Gasteiger partial charge in [-0.05, 0) is 38.4 Å². The Morgan fingerprint density at radius 3 is 3.10 bits per heavy atom. The van der Waals surface area contributed by atoms with Gasteiger partial charge in [-0.2, -0.15) is 0 Å². The van der Waals surface area contributed by atoms with Gasteiger partial charge in [-0.1, -0.05) is 18.2 Å². The Kier molecular flexibility index (Phi) is 3.92. The van der Waals surface area contributed by atoms with Crippen molar-refractivity contribution in [1.29, 1.82) is 0 Å². The summed E-state index contributed by atoms with van der Waals surface area (Å²) >= 11 is 0. The number of rotatable bonds is 3. The molecule has 1 N–H and O–H groups in total. The molecule has 20 heavy (non-hydrogen) atoms. The van der Waals surface area contributed by atoms with Gasteiger partial charge in [-0.25, -0.2) is 0 Å². The minimum Gasteiger partial charge on any atom is -0.493 e. The number of amides is 1. The maximum absolute atomic E-state index is 12.8. The Morgan fingerprint density at radius 1 is 1.40 bits per heavy atom. The van der Waals surface area contributed by atoms with Crippen LogP contribution in [0.3, 0.4) is 0 Å². The molecule has 1 aromatic carbocycles. The quantitative estimate of drug-likeness (QED) is 0.910. The Bertz CT molecular complexity index is 489. The summed E-state index contributed by atoms with van der Waals surface area (Å²) in [4.78, 5) is 14.8. The second-order valence-corrected chi connectivity index (χ2v) is 5.72. The predicted molar refractivity (Wildman–Crippen MR) is 77.9 cm³/mol. The van der Waals surface area contributed by atoms with Gasteiger partial charge in [0.15, 0.2) is 0 Å². The second-order valence-electron chi connectivity index (χ2n) is 5.72. The molecule has 0 aliphatic carbocycles. The van der Waals surface area contributed by atoms with Gasteiger partial charge < -0.3 is 15.0 Å². The van der Waals surface area contributed by atoms with Crippen LogP contribution >= 0.6 is 0 Å². The Morgan fingerprint density at radius 2 is 2.25 bits per heavy atom. The fourth-order valence-electron chi connectivity index (χ4n) is 3.31. The SMILES string of the molecule is CNC[C@@H]1CCN(C(=O)[C@@H]2CCOc3ccccc32)C1. The average molecular weight is 274 g/mol. The Balaban J connectivity index is 1.73. The van der Waals surface area contributed by atoms with Gasteiger partial charge in [0.2, 0.25) is 5.91 Å². The van der Waals surface area contributed by atoms with Crippen molar-refractivity contribution < 1.29 is 9.53 Å². The third-order valence-electron chi connectivity index (χ3n) is 4.35. The van der Waals surface area contributed by atoms with Crippen molar-refractivity contribution in [3.05, 3.63) is 29.8 Å². The highest BCUT2D eigenvalue weighted by Crippen LogP contribution is 2.35. The number of nitrogens with zero attached hydrogens (tertiary/aromatic N) is 1. The lowest BCUT2D eigenvalue weighted by atomic mass is 9.92. The lowest BCUT2D eigenvalue weighted by molar-refractivity contribution is -0.132. The number of likely N-dealkylation sites (tertiary alicyclic amines) is 1. The van der Waals surface area contributed by atoms with Crippen molar-refractivity contribution in [1.82, 2.24) is 10.2 Å². The normalized spacial score (nSPS) is 25.1. The van der Waals surface area contributed by atoms with Crippen LogP contribution in [0.2, 0.25) is 0 Å². The summed E-state index contributed by atoms with van der Waals surface area (Å²) in [6.07, 6.45) is 1.90. The molecular formula is C16H22N2O2. The predicted octanol–water partition coefficient (Wildman–Crippen LogP) is 1.62. The molecular weight excluding hydrogens is 252 g/mol. The maximum atomic E-state index is 12.8. The molecule has 1 aromatic rings. The van der Waals surface area contributed by atoms with Gasteiger partial charge in [0.25, 0.3) is 0 Å². The second kappa shape index (κ2) is 5.83. The summed E-state index contributed by atoms with van der Waals surface area (Å²) in [5.41, 5.74) is 1.06. The number of nitrogens with one attached hydrogen (secondary N) is 1. The number of carbonyl (C=O) groups excluding carboxylic acids is 1.